The molecule has 7 nitrogen and oxygen atoms in total. The number of hydrogen-bond donors (Lipinski definition) is 2. The van der Waals surface area contributed by atoms with Crippen molar-refractivity contribution in [2.24, 2.45) is 0 Å². The second-order valence-electron chi connectivity index (χ2n) is 11.0. The molecule has 220 valence electrons. The number of hydrogen-bond acceptors (Lipinski definition) is 7. The molecule has 0 saturated heterocycles. The van der Waals surface area contributed by atoms with Gasteiger partial charge in [-0.2, -0.15) is 0 Å². The van der Waals surface area contributed by atoms with Crippen molar-refractivity contribution < 1.29 is 14.3 Å². The van der Waals surface area contributed by atoms with Crippen molar-refractivity contribution in [2.45, 2.75) is 39.5 Å². The lowest BCUT2D eigenvalue weighted by atomic mass is 9.96. The van der Waals surface area contributed by atoms with Crippen LogP contribution in [0.25, 0.3) is 11.3 Å². The molecule has 0 amide bonds. The minimum Gasteiger partial charge on any atom is -0.386 e. The number of nitrogens with zero attached hydrogens (tertiary/aromatic N) is 2. The van der Waals surface area contributed by atoms with Crippen LogP contribution < -0.4 is 10.6 Å². The quantitative estimate of drug-likeness (QED) is 0.142. The number of aromatic nitrogens is 2. The summed E-state index contributed by atoms with van der Waals surface area (Å²) in [6.07, 6.45) is 7.61. The first-order valence-corrected chi connectivity index (χ1v) is 14.9. The van der Waals surface area contributed by atoms with Crippen molar-refractivity contribution in [3.05, 3.63) is 130 Å². The number of benzene rings is 3. The number of pyridine rings is 2. The molecule has 0 saturated carbocycles. The third kappa shape index (κ3) is 6.48. The van der Waals surface area contributed by atoms with Gasteiger partial charge in [0.1, 0.15) is 0 Å². The van der Waals surface area contributed by atoms with Gasteiger partial charge in [-0.05, 0) is 81.5 Å². The fraction of sp³-hybridized carbons (Fsp3) is 0.167. The Morgan fingerprint density at radius 2 is 1.39 bits per heavy atom. The molecule has 2 aromatic heterocycles. The average Bonchev–Trinajstić information content (AvgIpc) is 3.03. The van der Waals surface area contributed by atoms with E-state index in [-0.39, 0.29) is 11.1 Å². The molecule has 0 bridgehead atoms. The fourth-order valence-electron chi connectivity index (χ4n) is 5.38. The van der Waals surface area contributed by atoms with E-state index < -0.39 is 11.9 Å². The van der Waals surface area contributed by atoms with Crippen LogP contribution >= 0.6 is 11.6 Å². The van der Waals surface area contributed by atoms with Crippen molar-refractivity contribution in [3.63, 3.8) is 0 Å². The molecule has 1 aliphatic carbocycles. The smallest absolute Gasteiger partial charge is 0.348 e. The summed E-state index contributed by atoms with van der Waals surface area (Å²) in [7, 11) is 0. The third-order valence-electron chi connectivity index (χ3n) is 7.59. The van der Waals surface area contributed by atoms with Crippen LogP contribution in [0.15, 0.2) is 91.3 Å². The maximum Gasteiger partial charge on any atom is 0.348 e. The van der Waals surface area contributed by atoms with Crippen LogP contribution in [-0.2, 0) is 17.6 Å². The first kappa shape index (κ1) is 29.1. The van der Waals surface area contributed by atoms with Gasteiger partial charge < -0.3 is 15.4 Å². The van der Waals surface area contributed by atoms with Gasteiger partial charge in [-0.1, -0.05) is 65.2 Å². The predicted octanol–water partition coefficient (Wildman–Crippen LogP) is 8.78. The van der Waals surface area contributed by atoms with Gasteiger partial charge in [-0.3, -0.25) is 9.97 Å². The minimum atomic E-state index is -0.777. The van der Waals surface area contributed by atoms with E-state index >= 15 is 0 Å². The predicted molar refractivity (Wildman–Crippen MR) is 174 cm³/mol. The standard InChI is InChI=1S/C36H31ClN4O3/c1-22-12-14-31(40-27-18-25-10-6-7-11-30(25)38-21-27)28(16-22)35(42)44-36(43)29-17-23(2)13-15-32(29)41-33-19-26(37)20-39-34(33)24-8-4-3-5-9-24/h3-5,8-9,12-21,40-41H,6-7,10-11H2,1-2H3. The summed E-state index contributed by atoms with van der Waals surface area (Å²) >= 11 is 6.31. The molecule has 0 atom stereocenters. The van der Waals surface area contributed by atoms with Gasteiger partial charge in [0.05, 0.1) is 50.8 Å². The number of anilines is 4. The average molecular weight is 603 g/mol. The number of aryl methyl sites for hydroxylation is 4. The number of carbonyl (C=O) groups excluding carboxylic acids is 2. The van der Waals surface area contributed by atoms with E-state index in [4.69, 9.17) is 16.3 Å². The molecule has 6 rings (SSSR count). The molecule has 5 aromatic rings. The van der Waals surface area contributed by atoms with Crippen LogP contribution in [0, 0.1) is 13.8 Å². The van der Waals surface area contributed by atoms with Gasteiger partial charge in [0.25, 0.3) is 0 Å². The number of halogens is 1. The first-order chi connectivity index (χ1) is 21.3. The highest BCUT2D eigenvalue weighted by molar-refractivity contribution is 6.30. The highest BCUT2D eigenvalue weighted by atomic mass is 35.5. The second-order valence-corrected chi connectivity index (χ2v) is 11.4. The summed E-state index contributed by atoms with van der Waals surface area (Å²) in [4.78, 5) is 36.2. The monoisotopic (exact) mass is 602 g/mol. The lowest BCUT2D eigenvalue weighted by molar-refractivity contribution is 0.0399. The molecule has 8 heteroatoms. The van der Waals surface area contributed by atoms with E-state index in [2.05, 4.69) is 26.7 Å². The Hall–Kier alpha value is -5.01. The lowest BCUT2D eigenvalue weighted by Gasteiger charge is -2.17. The Balaban J connectivity index is 1.27. The fourth-order valence-corrected chi connectivity index (χ4v) is 5.54. The van der Waals surface area contributed by atoms with E-state index in [0.717, 1.165) is 53.8 Å². The van der Waals surface area contributed by atoms with Gasteiger partial charge >= 0.3 is 11.9 Å². The number of rotatable bonds is 7. The van der Waals surface area contributed by atoms with E-state index in [1.54, 1.807) is 36.7 Å². The summed E-state index contributed by atoms with van der Waals surface area (Å²) in [5.41, 5.74) is 8.43. The highest BCUT2D eigenvalue weighted by Gasteiger charge is 2.22. The van der Waals surface area contributed by atoms with E-state index in [1.165, 1.54) is 5.56 Å². The normalized spacial score (nSPS) is 12.2. The minimum absolute atomic E-state index is 0.207. The van der Waals surface area contributed by atoms with Crippen molar-refractivity contribution in [2.75, 3.05) is 10.6 Å². The molecule has 3 aromatic carbocycles. The molecule has 0 radical (unpaired) electrons. The Morgan fingerprint density at radius 3 is 2.09 bits per heavy atom. The van der Waals surface area contributed by atoms with Gasteiger partial charge in [0.2, 0.25) is 0 Å². The number of carbonyl (C=O) groups is 2. The second kappa shape index (κ2) is 12.7. The topological polar surface area (TPSA) is 93.2 Å². The van der Waals surface area contributed by atoms with Crippen molar-refractivity contribution in [1.82, 2.24) is 9.97 Å². The molecule has 0 spiro atoms. The summed E-state index contributed by atoms with van der Waals surface area (Å²) < 4.78 is 5.50. The zero-order valence-corrected chi connectivity index (χ0v) is 25.2. The van der Waals surface area contributed by atoms with Crippen molar-refractivity contribution in [3.8, 4) is 11.3 Å². The Labute approximate surface area is 261 Å². The van der Waals surface area contributed by atoms with E-state index in [0.29, 0.717) is 27.8 Å². The Morgan fingerprint density at radius 1 is 0.727 bits per heavy atom. The van der Waals surface area contributed by atoms with Crippen LogP contribution in [0.2, 0.25) is 5.02 Å². The number of nitrogens with one attached hydrogen (secondary N) is 2. The molecule has 2 N–H and O–H groups in total. The highest BCUT2D eigenvalue weighted by Crippen LogP contribution is 2.33. The van der Waals surface area contributed by atoms with Crippen LogP contribution in [0.5, 0.6) is 0 Å². The summed E-state index contributed by atoms with van der Waals surface area (Å²) in [5.74, 6) is -1.53. The van der Waals surface area contributed by atoms with E-state index in [1.807, 2.05) is 62.4 Å². The number of esters is 2. The Bertz CT molecular complexity index is 1870. The van der Waals surface area contributed by atoms with Crippen LogP contribution in [-0.4, -0.2) is 21.9 Å². The zero-order valence-electron chi connectivity index (χ0n) is 24.5. The number of ether oxygens (including phenoxy) is 1. The molecule has 1 aliphatic rings. The first-order valence-electron chi connectivity index (χ1n) is 14.5. The number of fused-ring (bicyclic) bond motifs is 1. The van der Waals surface area contributed by atoms with Gasteiger partial charge in [0.15, 0.2) is 0 Å². The lowest BCUT2D eigenvalue weighted by Crippen LogP contribution is -2.16. The largest absolute Gasteiger partial charge is 0.386 e. The maximum absolute atomic E-state index is 13.6. The Kier molecular flexibility index (Phi) is 8.39. The molecule has 2 heterocycles. The van der Waals surface area contributed by atoms with Gasteiger partial charge in [-0.25, -0.2) is 9.59 Å². The van der Waals surface area contributed by atoms with Crippen LogP contribution in [0.3, 0.4) is 0 Å². The van der Waals surface area contributed by atoms with E-state index in [9.17, 15) is 9.59 Å². The zero-order chi connectivity index (χ0) is 30.6. The molecule has 0 aliphatic heterocycles. The molecule has 0 unspecified atom stereocenters. The summed E-state index contributed by atoms with van der Waals surface area (Å²) in [6, 6.07) is 24.2. The van der Waals surface area contributed by atoms with Crippen molar-refractivity contribution >= 4 is 46.3 Å². The molecule has 0 fully saturated rings. The van der Waals surface area contributed by atoms with Crippen molar-refractivity contribution in [1.29, 1.82) is 0 Å². The molecular weight excluding hydrogens is 572 g/mol. The SMILES string of the molecule is Cc1ccc(Nc2cnc3c(c2)CCCC3)c(C(=O)OC(=O)c2cc(C)ccc2Nc2cc(Cl)cnc2-c2ccccc2)c1. The summed E-state index contributed by atoms with van der Waals surface area (Å²) in [5, 5.41) is 7.06. The van der Waals surface area contributed by atoms with Crippen LogP contribution in [0.1, 0.15) is 55.9 Å². The van der Waals surface area contributed by atoms with Gasteiger partial charge in [-0.15, -0.1) is 0 Å². The summed E-state index contributed by atoms with van der Waals surface area (Å²) in [6.45, 7) is 3.75. The maximum atomic E-state index is 13.6. The molecular formula is C36H31ClN4O3. The third-order valence-corrected chi connectivity index (χ3v) is 7.80. The van der Waals surface area contributed by atoms with Gasteiger partial charge in [0, 0.05) is 17.5 Å². The molecule has 44 heavy (non-hydrogen) atoms. The van der Waals surface area contributed by atoms with Crippen LogP contribution in [0.4, 0.5) is 22.7 Å².